The average Bonchev–Trinajstić information content (AvgIpc) is 2.99. The number of carbonyl (C=O) groups is 1. The van der Waals surface area contributed by atoms with E-state index in [0.717, 1.165) is 11.1 Å². The second-order valence-corrected chi connectivity index (χ2v) is 5.66. The smallest absolute Gasteiger partial charge is 0.347 e. The molecule has 1 amide bonds. The minimum absolute atomic E-state index is 0.0351. The van der Waals surface area contributed by atoms with Crippen molar-refractivity contribution >= 4 is 33.6 Å². The standard InChI is InChI=1S/C18H14N4O3/c1-11-5-4-8-15(20-11)21-16(23)10-22-17-12-6-2-3-7-14(12)25-18(24)13(17)9-19-22/h2-9H,10H2,1H3,(H,20,21,23). The zero-order chi connectivity index (χ0) is 17.4. The molecule has 0 fully saturated rings. The summed E-state index contributed by atoms with van der Waals surface area (Å²) in [7, 11) is 0. The van der Waals surface area contributed by atoms with Crippen LogP contribution in [-0.2, 0) is 11.3 Å². The Balaban J connectivity index is 1.72. The van der Waals surface area contributed by atoms with Crippen molar-refractivity contribution in [2.75, 3.05) is 5.32 Å². The molecule has 3 aromatic heterocycles. The van der Waals surface area contributed by atoms with Gasteiger partial charge in [-0.1, -0.05) is 18.2 Å². The lowest BCUT2D eigenvalue weighted by Crippen LogP contribution is -2.20. The quantitative estimate of drug-likeness (QED) is 0.581. The van der Waals surface area contributed by atoms with E-state index in [-0.39, 0.29) is 12.5 Å². The Bertz CT molecular complexity index is 1160. The zero-order valence-electron chi connectivity index (χ0n) is 13.4. The monoisotopic (exact) mass is 334 g/mol. The van der Waals surface area contributed by atoms with Crippen molar-refractivity contribution in [2.45, 2.75) is 13.5 Å². The molecule has 1 N–H and O–H groups in total. The number of pyridine rings is 1. The van der Waals surface area contributed by atoms with Crippen LogP contribution >= 0.6 is 0 Å². The van der Waals surface area contributed by atoms with Gasteiger partial charge in [-0.2, -0.15) is 5.10 Å². The number of carbonyl (C=O) groups excluding carboxylic acids is 1. The number of benzene rings is 1. The molecule has 3 heterocycles. The second kappa shape index (κ2) is 5.86. The first kappa shape index (κ1) is 15.1. The van der Waals surface area contributed by atoms with Gasteiger partial charge in [-0.25, -0.2) is 9.78 Å². The van der Waals surface area contributed by atoms with E-state index in [1.54, 1.807) is 18.2 Å². The molecule has 4 aromatic rings. The van der Waals surface area contributed by atoms with Crippen molar-refractivity contribution < 1.29 is 9.21 Å². The number of fused-ring (bicyclic) bond motifs is 3. The van der Waals surface area contributed by atoms with Crippen LogP contribution in [0.2, 0.25) is 0 Å². The highest BCUT2D eigenvalue weighted by Crippen LogP contribution is 2.22. The van der Waals surface area contributed by atoms with E-state index >= 15 is 0 Å². The lowest BCUT2D eigenvalue weighted by molar-refractivity contribution is -0.116. The third-order valence-corrected chi connectivity index (χ3v) is 3.85. The third kappa shape index (κ3) is 2.76. The van der Waals surface area contributed by atoms with Crippen molar-refractivity contribution in [3.63, 3.8) is 0 Å². The molecule has 0 spiro atoms. The summed E-state index contributed by atoms with van der Waals surface area (Å²) < 4.78 is 6.78. The van der Waals surface area contributed by atoms with Gasteiger partial charge in [-0.05, 0) is 31.2 Å². The average molecular weight is 334 g/mol. The van der Waals surface area contributed by atoms with Crippen LogP contribution in [0, 0.1) is 6.92 Å². The summed E-state index contributed by atoms with van der Waals surface area (Å²) in [5.41, 5.74) is 1.38. The Morgan fingerprint density at radius 1 is 1.16 bits per heavy atom. The maximum atomic E-state index is 12.3. The van der Waals surface area contributed by atoms with Crippen molar-refractivity contribution in [1.29, 1.82) is 0 Å². The van der Waals surface area contributed by atoms with Crippen LogP contribution in [0.25, 0.3) is 21.9 Å². The van der Waals surface area contributed by atoms with E-state index < -0.39 is 5.63 Å². The summed E-state index contributed by atoms with van der Waals surface area (Å²) in [6.45, 7) is 1.81. The number of aromatic nitrogens is 3. The van der Waals surface area contributed by atoms with Crippen molar-refractivity contribution in [2.24, 2.45) is 0 Å². The molecule has 4 rings (SSSR count). The Morgan fingerprint density at radius 2 is 2.00 bits per heavy atom. The number of hydrogen-bond acceptors (Lipinski definition) is 5. The summed E-state index contributed by atoms with van der Waals surface area (Å²) in [6.07, 6.45) is 1.42. The molecular formula is C18H14N4O3. The fourth-order valence-electron chi connectivity index (χ4n) is 2.78. The summed E-state index contributed by atoms with van der Waals surface area (Å²) in [4.78, 5) is 28.7. The molecule has 124 valence electrons. The molecule has 0 aliphatic heterocycles. The number of aryl methyl sites for hydroxylation is 1. The van der Waals surface area contributed by atoms with Crippen LogP contribution in [0.1, 0.15) is 5.69 Å². The minimum Gasteiger partial charge on any atom is -0.422 e. The number of nitrogens with one attached hydrogen (secondary N) is 1. The summed E-state index contributed by atoms with van der Waals surface area (Å²) in [6, 6.07) is 12.6. The maximum absolute atomic E-state index is 12.3. The normalized spacial score (nSPS) is 11.1. The number of rotatable bonds is 3. The number of para-hydroxylation sites is 1. The molecule has 0 aliphatic rings. The highest BCUT2D eigenvalue weighted by molar-refractivity contribution is 6.02. The molecule has 0 saturated heterocycles. The molecule has 0 aliphatic carbocycles. The molecule has 1 aromatic carbocycles. The molecule has 0 bridgehead atoms. The van der Waals surface area contributed by atoms with Gasteiger partial charge in [0, 0.05) is 11.1 Å². The fraction of sp³-hybridized carbons (Fsp3) is 0.111. The predicted molar refractivity (Wildman–Crippen MR) is 93.4 cm³/mol. The van der Waals surface area contributed by atoms with Crippen molar-refractivity contribution in [1.82, 2.24) is 14.8 Å². The molecule has 0 atom stereocenters. The molecule has 7 heteroatoms. The van der Waals surface area contributed by atoms with Gasteiger partial charge >= 0.3 is 5.63 Å². The molecule has 7 nitrogen and oxygen atoms in total. The Hall–Kier alpha value is -3.48. The Kier molecular flexibility index (Phi) is 3.53. The van der Waals surface area contributed by atoms with E-state index in [2.05, 4.69) is 15.4 Å². The Morgan fingerprint density at radius 3 is 2.84 bits per heavy atom. The first-order valence-electron chi connectivity index (χ1n) is 7.73. The summed E-state index contributed by atoms with van der Waals surface area (Å²) in [5, 5.41) is 8.00. The first-order valence-corrected chi connectivity index (χ1v) is 7.73. The van der Waals surface area contributed by atoms with Gasteiger partial charge in [0.05, 0.1) is 11.7 Å². The molecular weight excluding hydrogens is 320 g/mol. The van der Waals surface area contributed by atoms with Crippen LogP contribution in [-0.4, -0.2) is 20.7 Å². The van der Waals surface area contributed by atoms with Gasteiger partial charge in [0.2, 0.25) is 5.91 Å². The van der Waals surface area contributed by atoms with E-state index in [9.17, 15) is 9.59 Å². The number of anilines is 1. The molecule has 0 unspecified atom stereocenters. The largest absolute Gasteiger partial charge is 0.422 e. The van der Waals surface area contributed by atoms with Crippen LogP contribution < -0.4 is 10.9 Å². The van der Waals surface area contributed by atoms with Gasteiger partial charge < -0.3 is 9.73 Å². The van der Waals surface area contributed by atoms with Crippen molar-refractivity contribution in [3.8, 4) is 0 Å². The molecule has 25 heavy (non-hydrogen) atoms. The number of hydrogen-bond donors (Lipinski definition) is 1. The number of amides is 1. The summed E-state index contributed by atoms with van der Waals surface area (Å²) in [5.74, 6) is 0.200. The lowest BCUT2D eigenvalue weighted by atomic mass is 10.2. The van der Waals surface area contributed by atoms with E-state index in [0.29, 0.717) is 22.3 Å². The zero-order valence-corrected chi connectivity index (χ0v) is 13.4. The van der Waals surface area contributed by atoms with Crippen LogP contribution in [0.15, 0.2) is 57.9 Å². The minimum atomic E-state index is -0.472. The van der Waals surface area contributed by atoms with E-state index in [4.69, 9.17) is 4.42 Å². The van der Waals surface area contributed by atoms with Crippen molar-refractivity contribution in [3.05, 3.63) is 64.8 Å². The highest BCUT2D eigenvalue weighted by Gasteiger charge is 2.15. The number of nitrogens with zero attached hydrogens (tertiary/aromatic N) is 3. The van der Waals surface area contributed by atoms with Gasteiger partial charge in [-0.3, -0.25) is 9.48 Å². The topological polar surface area (TPSA) is 90.0 Å². The van der Waals surface area contributed by atoms with Gasteiger partial charge in [0.15, 0.2) is 0 Å². The summed E-state index contributed by atoms with van der Waals surface area (Å²) >= 11 is 0. The predicted octanol–water partition coefficient (Wildman–Crippen LogP) is 2.48. The van der Waals surface area contributed by atoms with Gasteiger partial charge in [0.1, 0.15) is 23.3 Å². The van der Waals surface area contributed by atoms with Crippen LogP contribution in [0.5, 0.6) is 0 Å². The molecule has 0 radical (unpaired) electrons. The van der Waals surface area contributed by atoms with Gasteiger partial charge in [0.25, 0.3) is 0 Å². The Labute approximate surface area is 141 Å². The van der Waals surface area contributed by atoms with E-state index in [1.165, 1.54) is 10.9 Å². The first-order chi connectivity index (χ1) is 12.1. The third-order valence-electron chi connectivity index (χ3n) is 3.85. The second-order valence-electron chi connectivity index (χ2n) is 5.66. The fourth-order valence-corrected chi connectivity index (χ4v) is 2.78. The van der Waals surface area contributed by atoms with E-state index in [1.807, 2.05) is 31.2 Å². The van der Waals surface area contributed by atoms with Crippen LogP contribution in [0.3, 0.4) is 0 Å². The van der Waals surface area contributed by atoms with Gasteiger partial charge in [-0.15, -0.1) is 0 Å². The maximum Gasteiger partial charge on any atom is 0.347 e. The lowest BCUT2D eigenvalue weighted by Gasteiger charge is -2.07. The highest BCUT2D eigenvalue weighted by atomic mass is 16.4. The molecule has 0 saturated carbocycles. The SMILES string of the molecule is Cc1cccc(NC(=O)Cn2ncc3c(=O)oc4ccccc4c32)n1. The van der Waals surface area contributed by atoms with Crippen LogP contribution in [0.4, 0.5) is 5.82 Å².